The van der Waals surface area contributed by atoms with Gasteiger partial charge < -0.3 is 14.8 Å². The van der Waals surface area contributed by atoms with Gasteiger partial charge in [0.15, 0.2) is 17.3 Å². The van der Waals surface area contributed by atoms with Crippen LogP contribution < -0.4 is 20.3 Å². The Morgan fingerprint density at radius 2 is 1.97 bits per heavy atom. The Kier molecular flexibility index (Phi) is 5.03. The van der Waals surface area contributed by atoms with Crippen molar-refractivity contribution in [1.82, 2.24) is 20.0 Å². The summed E-state index contributed by atoms with van der Waals surface area (Å²) in [6.45, 7) is 5.79. The molecule has 1 aliphatic rings. The molecule has 2 N–H and O–H groups in total. The molecule has 3 heterocycles. The predicted octanol–water partition coefficient (Wildman–Crippen LogP) is 2.53. The number of amides is 1. The molecule has 9 heteroatoms. The van der Waals surface area contributed by atoms with Gasteiger partial charge >= 0.3 is 0 Å². The number of aromatic amines is 1. The lowest BCUT2D eigenvalue weighted by Gasteiger charge is -2.25. The highest BCUT2D eigenvalue weighted by Crippen LogP contribution is 2.42. The van der Waals surface area contributed by atoms with Gasteiger partial charge in [-0.25, -0.2) is 5.10 Å². The highest BCUT2D eigenvalue weighted by atomic mass is 16.5. The quantitative estimate of drug-likeness (QED) is 0.670. The van der Waals surface area contributed by atoms with E-state index in [1.807, 2.05) is 39.0 Å². The van der Waals surface area contributed by atoms with Crippen LogP contribution in [0.15, 0.2) is 35.1 Å². The minimum atomic E-state index is -0.311. The summed E-state index contributed by atoms with van der Waals surface area (Å²) in [6.07, 6.45) is 0.300. The molecular formula is C21H23N5O4. The normalized spacial score (nSPS) is 15.6. The summed E-state index contributed by atoms with van der Waals surface area (Å²) >= 11 is 0. The molecule has 0 spiro atoms. The van der Waals surface area contributed by atoms with Crippen molar-refractivity contribution in [2.75, 3.05) is 12.4 Å². The summed E-state index contributed by atoms with van der Waals surface area (Å²) < 4.78 is 12.9. The minimum Gasteiger partial charge on any atom is -0.493 e. The summed E-state index contributed by atoms with van der Waals surface area (Å²) in [6, 6.07) is 8.64. The van der Waals surface area contributed by atoms with Gasteiger partial charge in [0, 0.05) is 24.0 Å². The fourth-order valence-electron chi connectivity index (χ4n) is 3.70. The number of aromatic nitrogens is 4. The lowest BCUT2D eigenvalue weighted by atomic mass is 9.85. The van der Waals surface area contributed by atoms with Gasteiger partial charge in [-0.2, -0.15) is 14.9 Å². The third-order valence-electron chi connectivity index (χ3n) is 4.94. The van der Waals surface area contributed by atoms with Crippen molar-refractivity contribution in [3.63, 3.8) is 0 Å². The van der Waals surface area contributed by atoms with Crippen molar-refractivity contribution in [3.8, 4) is 17.3 Å². The standard InChI is InChI=1S/C21H23N5O4/c1-11(2)30-15-6-5-13(9-16(15)29-4)14-10-19(28)22-21-20(14)12(3)25-26(21)17-7-8-18(27)24-23-17/h5-9,11,14H,10H2,1-4H3,(H,22,28)(H,24,27)/t14-/m1/s1. The predicted molar refractivity (Wildman–Crippen MR) is 111 cm³/mol. The number of benzene rings is 1. The van der Waals surface area contributed by atoms with E-state index in [2.05, 4.69) is 20.6 Å². The Morgan fingerprint density at radius 3 is 2.63 bits per heavy atom. The van der Waals surface area contributed by atoms with Crippen LogP contribution in [-0.4, -0.2) is 39.1 Å². The third-order valence-corrected chi connectivity index (χ3v) is 4.94. The molecule has 1 aromatic carbocycles. The largest absolute Gasteiger partial charge is 0.493 e. The number of carbonyl (C=O) groups excluding carboxylic acids is 1. The molecule has 0 fully saturated rings. The van der Waals surface area contributed by atoms with Crippen molar-refractivity contribution in [3.05, 3.63) is 57.5 Å². The first-order valence-corrected chi connectivity index (χ1v) is 9.67. The first-order chi connectivity index (χ1) is 14.4. The number of carbonyl (C=O) groups is 1. The second-order valence-corrected chi connectivity index (χ2v) is 7.42. The Balaban J connectivity index is 1.80. The number of anilines is 1. The van der Waals surface area contributed by atoms with Gasteiger partial charge in [0.25, 0.3) is 5.56 Å². The Morgan fingerprint density at radius 1 is 1.17 bits per heavy atom. The van der Waals surface area contributed by atoms with Crippen LogP contribution >= 0.6 is 0 Å². The molecule has 0 saturated carbocycles. The van der Waals surface area contributed by atoms with Gasteiger partial charge in [-0.15, -0.1) is 0 Å². The maximum Gasteiger partial charge on any atom is 0.264 e. The first kappa shape index (κ1) is 19.7. The molecule has 0 aliphatic carbocycles. The number of hydrogen-bond donors (Lipinski definition) is 2. The van der Waals surface area contributed by atoms with Crippen molar-refractivity contribution >= 4 is 11.7 Å². The van der Waals surface area contributed by atoms with Gasteiger partial charge in [0.1, 0.15) is 5.82 Å². The van der Waals surface area contributed by atoms with Crippen LogP contribution in [0.1, 0.15) is 43.0 Å². The highest BCUT2D eigenvalue weighted by molar-refractivity contribution is 5.95. The van der Waals surface area contributed by atoms with Gasteiger partial charge in [0.2, 0.25) is 5.91 Å². The summed E-state index contributed by atoms with van der Waals surface area (Å²) in [5.41, 5.74) is 2.29. The molecular weight excluding hydrogens is 386 g/mol. The number of hydrogen-bond acceptors (Lipinski definition) is 6. The van der Waals surface area contributed by atoms with Crippen LogP contribution in [0.25, 0.3) is 5.82 Å². The molecule has 4 rings (SSSR count). The van der Waals surface area contributed by atoms with Crippen molar-refractivity contribution in [1.29, 1.82) is 0 Å². The SMILES string of the molecule is COc1cc([C@H]2CC(=O)Nc3c2c(C)nn3-c2ccc(=O)[nH]n2)ccc1OC(C)C. The second kappa shape index (κ2) is 7.66. The fourth-order valence-corrected chi connectivity index (χ4v) is 3.70. The van der Waals surface area contributed by atoms with Crippen molar-refractivity contribution < 1.29 is 14.3 Å². The Hall–Kier alpha value is -3.62. The lowest BCUT2D eigenvalue weighted by Crippen LogP contribution is -2.25. The van der Waals surface area contributed by atoms with E-state index < -0.39 is 0 Å². The monoisotopic (exact) mass is 409 g/mol. The van der Waals surface area contributed by atoms with E-state index >= 15 is 0 Å². The van der Waals surface area contributed by atoms with Crippen LogP contribution in [0, 0.1) is 6.92 Å². The number of aryl methyl sites for hydroxylation is 1. The molecule has 0 bridgehead atoms. The van der Waals surface area contributed by atoms with Crippen LogP contribution in [0.4, 0.5) is 5.82 Å². The van der Waals surface area contributed by atoms with E-state index in [1.54, 1.807) is 13.2 Å². The van der Waals surface area contributed by atoms with Crippen molar-refractivity contribution in [2.45, 2.75) is 39.2 Å². The maximum atomic E-state index is 12.5. The van der Waals surface area contributed by atoms with Gasteiger partial charge in [-0.3, -0.25) is 9.59 Å². The van der Waals surface area contributed by atoms with Gasteiger partial charge in [-0.05, 0) is 44.5 Å². The molecule has 1 amide bonds. The smallest absolute Gasteiger partial charge is 0.264 e. The molecule has 30 heavy (non-hydrogen) atoms. The molecule has 9 nitrogen and oxygen atoms in total. The summed E-state index contributed by atoms with van der Waals surface area (Å²) in [5.74, 6) is 1.91. The molecule has 156 valence electrons. The number of H-pyrrole nitrogens is 1. The maximum absolute atomic E-state index is 12.5. The minimum absolute atomic E-state index is 0.0158. The highest BCUT2D eigenvalue weighted by Gasteiger charge is 2.33. The number of methoxy groups -OCH3 is 1. The molecule has 2 aromatic heterocycles. The van der Waals surface area contributed by atoms with E-state index in [-0.39, 0.29) is 29.9 Å². The van der Waals surface area contributed by atoms with Crippen LogP contribution in [0.3, 0.4) is 0 Å². The zero-order valence-corrected chi connectivity index (χ0v) is 17.2. The summed E-state index contributed by atoms with van der Waals surface area (Å²) in [5, 5.41) is 13.9. The summed E-state index contributed by atoms with van der Waals surface area (Å²) in [7, 11) is 1.59. The molecule has 3 aromatic rings. The Bertz CT molecular complexity index is 1140. The first-order valence-electron chi connectivity index (χ1n) is 9.67. The van der Waals surface area contributed by atoms with Crippen LogP contribution in [0.2, 0.25) is 0 Å². The second-order valence-electron chi connectivity index (χ2n) is 7.42. The van der Waals surface area contributed by atoms with E-state index in [1.165, 1.54) is 10.7 Å². The molecule has 0 unspecified atom stereocenters. The molecule has 0 radical (unpaired) electrons. The molecule has 1 atom stereocenters. The van der Waals surface area contributed by atoms with Gasteiger partial charge in [0.05, 0.1) is 18.9 Å². The number of nitrogens with zero attached hydrogens (tertiary/aromatic N) is 3. The van der Waals surface area contributed by atoms with E-state index in [0.29, 0.717) is 23.1 Å². The topological polar surface area (TPSA) is 111 Å². The summed E-state index contributed by atoms with van der Waals surface area (Å²) in [4.78, 5) is 23.9. The Labute approximate surface area is 173 Å². The van der Waals surface area contributed by atoms with E-state index in [9.17, 15) is 9.59 Å². The zero-order chi connectivity index (χ0) is 21.4. The van der Waals surface area contributed by atoms with E-state index in [0.717, 1.165) is 16.8 Å². The van der Waals surface area contributed by atoms with E-state index in [4.69, 9.17) is 9.47 Å². The van der Waals surface area contributed by atoms with Gasteiger partial charge in [-0.1, -0.05) is 6.07 Å². The molecule has 0 saturated heterocycles. The third kappa shape index (κ3) is 3.54. The average molecular weight is 409 g/mol. The van der Waals surface area contributed by atoms with Crippen LogP contribution in [0.5, 0.6) is 11.5 Å². The fraction of sp³-hybridized carbons (Fsp3) is 0.333. The van der Waals surface area contributed by atoms with Crippen molar-refractivity contribution in [2.24, 2.45) is 0 Å². The molecule has 1 aliphatic heterocycles. The van der Waals surface area contributed by atoms with Crippen LogP contribution in [-0.2, 0) is 4.79 Å². The number of rotatable bonds is 5. The number of ether oxygens (including phenoxy) is 2. The number of fused-ring (bicyclic) bond motifs is 1. The average Bonchev–Trinajstić information content (AvgIpc) is 3.04. The zero-order valence-electron chi connectivity index (χ0n) is 17.2. The number of nitrogens with one attached hydrogen (secondary N) is 2. The lowest BCUT2D eigenvalue weighted by molar-refractivity contribution is -0.116.